The molecule has 3 rings (SSSR count). The Morgan fingerprint density at radius 2 is 2.12 bits per heavy atom. The summed E-state index contributed by atoms with van der Waals surface area (Å²) in [6.45, 7) is 4.86. The van der Waals surface area contributed by atoms with Crippen molar-refractivity contribution in [3.05, 3.63) is 0 Å². The largest absolute Gasteiger partial charge is 0.387 e. The van der Waals surface area contributed by atoms with Gasteiger partial charge >= 0.3 is 6.03 Å². The zero-order valence-electron chi connectivity index (χ0n) is 9.48. The number of urea groups is 1. The predicted octanol–water partition coefficient (Wildman–Crippen LogP) is -0.532. The van der Waals surface area contributed by atoms with E-state index in [1.165, 1.54) is 12.8 Å². The lowest BCUT2D eigenvalue weighted by molar-refractivity contribution is -0.113. The highest BCUT2D eigenvalue weighted by atomic mass is 16.3. The van der Waals surface area contributed by atoms with Crippen molar-refractivity contribution in [2.24, 2.45) is 5.92 Å². The smallest absolute Gasteiger partial charge is 0.317 e. The lowest BCUT2D eigenvalue weighted by Crippen LogP contribution is -2.64. The zero-order chi connectivity index (χ0) is 11.2. The number of hydrogen-bond acceptors (Lipinski definition) is 3. The molecule has 5 heteroatoms. The van der Waals surface area contributed by atoms with Crippen LogP contribution in [0.4, 0.5) is 4.79 Å². The van der Waals surface area contributed by atoms with Crippen LogP contribution in [-0.2, 0) is 0 Å². The van der Waals surface area contributed by atoms with E-state index in [1.807, 2.05) is 4.90 Å². The van der Waals surface area contributed by atoms with Crippen molar-refractivity contribution in [1.82, 2.24) is 15.1 Å². The molecular formula is C11H19N3O2. The number of hydrogen-bond donors (Lipinski definition) is 2. The topological polar surface area (TPSA) is 55.8 Å². The summed E-state index contributed by atoms with van der Waals surface area (Å²) in [6.07, 6.45) is 2.39. The number of β-amino-alcohol motifs (C(OH)–C–C–N with tert-alkyl or cyclic N) is 1. The Morgan fingerprint density at radius 3 is 2.69 bits per heavy atom. The van der Waals surface area contributed by atoms with Crippen LogP contribution in [0.1, 0.15) is 12.8 Å². The molecule has 1 aliphatic carbocycles. The Kier molecular flexibility index (Phi) is 2.33. The molecule has 0 atom stereocenters. The fraction of sp³-hybridized carbons (Fsp3) is 0.909. The molecule has 2 N–H and O–H groups in total. The lowest BCUT2D eigenvalue weighted by Gasteiger charge is -2.47. The molecule has 2 heterocycles. The number of likely N-dealkylation sites (tertiary alicyclic amines) is 1. The van der Waals surface area contributed by atoms with Gasteiger partial charge in [0.15, 0.2) is 0 Å². The van der Waals surface area contributed by atoms with Crippen LogP contribution in [0.25, 0.3) is 0 Å². The van der Waals surface area contributed by atoms with E-state index in [1.54, 1.807) is 0 Å². The number of carbonyl (C=O) groups excluding carboxylic acids is 1. The molecule has 0 aromatic carbocycles. The molecule has 0 spiro atoms. The van der Waals surface area contributed by atoms with E-state index in [-0.39, 0.29) is 6.03 Å². The molecule has 90 valence electrons. The van der Waals surface area contributed by atoms with E-state index >= 15 is 0 Å². The van der Waals surface area contributed by atoms with Gasteiger partial charge in [-0.1, -0.05) is 0 Å². The highest BCUT2D eigenvalue weighted by Crippen LogP contribution is 2.44. The second kappa shape index (κ2) is 3.60. The molecule has 0 aromatic rings. The van der Waals surface area contributed by atoms with Gasteiger partial charge in [-0.05, 0) is 18.8 Å². The van der Waals surface area contributed by atoms with Crippen molar-refractivity contribution < 1.29 is 9.90 Å². The van der Waals surface area contributed by atoms with Crippen molar-refractivity contribution in [1.29, 1.82) is 0 Å². The van der Waals surface area contributed by atoms with Crippen LogP contribution in [0.3, 0.4) is 0 Å². The number of amides is 2. The summed E-state index contributed by atoms with van der Waals surface area (Å²) >= 11 is 0. The summed E-state index contributed by atoms with van der Waals surface area (Å²) in [5.41, 5.74) is -0.396. The maximum Gasteiger partial charge on any atom is 0.317 e. The van der Waals surface area contributed by atoms with E-state index in [9.17, 15) is 9.90 Å². The summed E-state index contributed by atoms with van der Waals surface area (Å²) in [5, 5.41) is 12.9. The molecule has 3 aliphatic rings. The summed E-state index contributed by atoms with van der Waals surface area (Å²) in [5.74, 6) is 0.554. The third-order valence-electron chi connectivity index (χ3n) is 3.96. The minimum atomic E-state index is -0.396. The second-order valence-corrected chi connectivity index (χ2v) is 5.31. The van der Waals surface area contributed by atoms with Gasteiger partial charge in [0.25, 0.3) is 0 Å². The Bertz CT molecular complexity index is 298. The number of nitrogens with zero attached hydrogens (tertiary/aromatic N) is 2. The van der Waals surface area contributed by atoms with Gasteiger partial charge in [0.05, 0.1) is 5.60 Å². The van der Waals surface area contributed by atoms with Crippen LogP contribution < -0.4 is 5.32 Å². The quantitative estimate of drug-likeness (QED) is 0.676. The monoisotopic (exact) mass is 225 g/mol. The molecule has 3 fully saturated rings. The first-order chi connectivity index (χ1) is 7.67. The van der Waals surface area contributed by atoms with Crippen molar-refractivity contribution in [2.45, 2.75) is 18.4 Å². The SMILES string of the molecule is O=C1NCCN1CCN1CC(O)(C2CC2)C1. The second-order valence-electron chi connectivity index (χ2n) is 5.31. The highest BCUT2D eigenvalue weighted by molar-refractivity contribution is 5.76. The first-order valence-electron chi connectivity index (χ1n) is 6.15. The molecule has 16 heavy (non-hydrogen) atoms. The predicted molar refractivity (Wildman–Crippen MR) is 59.1 cm³/mol. The molecule has 0 bridgehead atoms. The minimum absolute atomic E-state index is 0.0537. The number of aliphatic hydroxyl groups is 1. The van der Waals surface area contributed by atoms with Gasteiger partial charge in [-0.2, -0.15) is 0 Å². The Labute approximate surface area is 95.4 Å². The number of carbonyl (C=O) groups is 1. The fourth-order valence-corrected chi connectivity index (χ4v) is 2.75. The van der Waals surface area contributed by atoms with Gasteiger partial charge in [-0.3, -0.25) is 4.90 Å². The molecule has 0 unspecified atom stereocenters. The Hall–Kier alpha value is -0.810. The Balaban J connectivity index is 1.39. The van der Waals surface area contributed by atoms with Gasteiger partial charge < -0.3 is 15.3 Å². The zero-order valence-corrected chi connectivity index (χ0v) is 9.48. The standard InChI is InChI=1S/C11H19N3O2/c15-10-12-3-4-14(10)6-5-13-7-11(16,8-13)9-1-2-9/h9,16H,1-8H2,(H,12,15). The molecule has 2 saturated heterocycles. The van der Waals surface area contributed by atoms with E-state index in [0.29, 0.717) is 5.92 Å². The van der Waals surface area contributed by atoms with E-state index in [0.717, 1.165) is 39.3 Å². The molecule has 2 amide bonds. The molecule has 0 aromatic heterocycles. The maximum absolute atomic E-state index is 11.3. The number of rotatable bonds is 4. The van der Waals surface area contributed by atoms with Gasteiger partial charge in [0, 0.05) is 39.3 Å². The summed E-state index contributed by atoms with van der Waals surface area (Å²) in [4.78, 5) is 15.4. The summed E-state index contributed by atoms with van der Waals surface area (Å²) < 4.78 is 0. The van der Waals surface area contributed by atoms with Crippen molar-refractivity contribution >= 4 is 6.03 Å². The normalized spacial score (nSPS) is 29.1. The van der Waals surface area contributed by atoms with Gasteiger partial charge in [0.1, 0.15) is 0 Å². The average molecular weight is 225 g/mol. The molecule has 5 nitrogen and oxygen atoms in total. The molecule has 1 saturated carbocycles. The van der Waals surface area contributed by atoms with Crippen LogP contribution in [0.2, 0.25) is 0 Å². The van der Waals surface area contributed by atoms with Crippen LogP contribution in [0.5, 0.6) is 0 Å². The highest BCUT2D eigenvalue weighted by Gasteiger charge is 2.51. The molecule has 0 radical (unpaired) electrons. The van der Waals surface area contributed by atoms with Crippen LogP contribution in [0.15, 0.2) is 0 Å². The number of nitrogens with one attached hydrogen (secondary N) is 1. The summed E-state index contributed by atoms with van der Waals surface area (Å²) in [6, 6.07) is 0.0537. The fourth-order valence-electron chi connectivity index (χ4n) is 2.75. The minimum Gasteiger partial charge on any atom is -0.387 e. The molecule has 2 aliphatic heterocycles. The first-order valence-corrected chi connectivity index (χ1v) is 6.15. The third kappa shape index (κ3) is 1.78. The van der Waals surface area contributed by atoms with Gasteiger partial charge in [-0.25, -0.2) is 4.79 Å². The average Bonchev–Trinajstić information content (AvgIpc) is 2.97. The van der Waals surface area contributed by atoms with Gasteiger partial charge in [0.2, 0.25) is 0 Å². The van der Waals surface area contributed by atoms with Crippen LogP contribution in [0, 0.1) is 5.92 Å². The Morgan fingerprint density at radius 1 is 1.38 bits per heavy atom. The molecular weight excluding hydrogens is 206 g/mol. The van der Waals surface area contributed by atoms with E-state index < -0.39 is 5.60 Å². The van der Waals surface area contributed by atoms with Crippen molar-refractivity contribution in [3.63, 3.8) is 0 Å². The van der Waals surface area contributed by atoms with Gasteiger partial charge in [-0.15, -0.1) is 0 Å². The van der Waals surface area contributed by atoms with Crippen LogP contribution >= 0.6 is 0 Å². The maximum atomic E-state index is 11.3. The van der Waals surface area contributed by atoms with Crippen molar-refractivity contribution in [3.8, 4) is 0 Å². The van der Waals surface area contributed by atoms with E-state index in [4.69, 9.17) is 0 Å². The third-order valence-corrected chi connectivity index (χ3v) is 3.96. The first kappa shape index (κ1) is 10.4. The van der Waals surface area contributed by atoms with E-state index in [2.05, 4.69) is 10.2 Å². The lowest BCUT2D eigenvalue weighted by atomic mass is 9.89. The van der Waals surface area contributed by atoms with Crippen molar-refractivity contribution in [2.75, 3.05) is 39.3 Å². The summed E-state index contributed by atoms with van der Waals surface area (Å²) in [7, 11) is 0. The van der Waals surface area contributed by atoms with Crippen LogP contribution in [-0.4, -0.2) is 65.8 Å².